The lowest BCUT2D eigenvalue weighted by Crippen LogP contribution is -2.26. The molecule has 0 fully saturated rings. The molecule has 0 atom stereocenters. The van der Waals surface area contributed by atoms with Gasteiger partial charge in [0.15, 0.2) is 5.69 Å². The fourth-order valence-electron chi connectivity index (χ4n) is 1.48. The molecule has 1 rings (SSSR count). The molecule has 1 amide bonds. The fraction of sp³-hybridized carbons (Fsp3) is 0.636. The van der Waals surface area contributed by atoms with Crippen LogP contribution < -0.4 is 11.1 Å². The van der Waals surface area contributed by atoms with E-state index in [1.54, 1.807) is 17.9 Å². The van der Waals surface area contributed by atoms with Crippen LogP contribution in [0.2, 0.25) is 0 Å². The van der Waals surface area contributed by atoms with Crippen molar-refractivity contribution in [3.63, 3.8) is 0 Å². The van der Waals surface area contributed by atoms with Crippen LogP contribution in [-0.2, 0) is 7.05 Å². The lowest BCUT2D eigenvalue weighted by Gasteiger charge is -2.05. The molecule has 5 nitrogen and oxygen atoms in total. The molecule has 5 heteroatoms. The highest BCUT2D eigenvalue weighted by atomic mass is 16.1. The number of aromatic nitrogens is 2. The number of amides is 1. The first-order chi connectivity index (χ1) is 7.50. The number of nitrogens with zero attached hydrogens (tertiary/aromatic N) is 2. The lowest BCUT2D eigenvalue weighted by atomic mass is 10.1. The van der Waals surface area contributed by atoms with E-state index in [4.69, 9.17) is 5.73 Å². The van der Waals surface area contributed by atoms with Crippen LogP contribution in [0.1, 0.15) is 37.2 Å². The molecule has 0 aliphatic carbocycles. The van der Waals surface area contributed by atoms with Crippen LogP contribution in [0.3, 0.4) is 0 Å². The van der Waals surface area contributed by atoms with E-state index in [-0.39, 0.29) is 5.91 Å². The van der Waals surface area contributed by atoms with Crippen LogP contribution in [0.5, 0.6) is 0 Å². The first kappa shape index (κ1) is 12.5. The van der Waals surface area contributed by atoms with E-state index in [9.17, 15) is 4.79 Å². The zero-order chi connectivity index (χ0) is 12.1. The van der Waals surface area contributed by atoms with Gasteiger partial charge >= 0.3 is 0 Å². The van der Waals surface area contributed by atoms with Gasteiger partial charge in [-0.3, -0.25) is 9.48 Å². The van der Waals surface area contributed by atoms with Crippen LogP contribution in [0, 0.1) is 5.92 Å². The van der Waals surface area contributed by atoms with Gasteiger partial charge in [-0.1, -0.05) is 13.8 Å². The van der Waals surface area contributed by atoms with Crippen molar-refractivity contribution >= 4 is 11.6 Å². The van der Waals surface area contributed by atoms with Crippen LogP contribution in [0.15, 0.2) is 6.20 Å². The smallest absolute Gasteiger partial charge is 0.273 e. The van der Waals surface area contributed by atoms with Gasteiger partial charge in [-0.25, -0.2) is 0 Å². The minimum absolute atomic E-state index is 0.193. The van der Waals surface area contributed by atoms with Crippen molar-refractivity contribution < 1.29 is 4.79 Å². The number of hydrogen-bond donors (Lipinski definition) is 2. The summed E-state index contributed by atoms with van der Waals surface area (Å²) in [5, 5.41) is 6.82. The number of carbonyl (C=O) groups excluding carboxylic acids is 1. The third kappa shape index (κ3) is 3.56. The Bertz CT molecular complexity index is 357. The highest BCUT2D eigenvalue weighted by Gasteiger charge is 2.12. The zero-order valence-electron chi connectivity index (χ0n) is 10.2. The van der Waals surface area contributed by atoms with Gasteiger partial charge in [0.2, 0.25) is 0 Å². The number of hydrogen-bond acceptors (Lipinski definition) is 3. The van der Waals surface area contributed by atoms with Gasteiger partial charge < -0.3 is 11.1 Å². The molecule has 1 aromatic rings. The first-order valence-electron chi connectivity index (χ1n) is 5.58. The third-order valence-electron chi connectivity index (χ3n) is 2.32. The summed E-state index contributed by atoms with van der Waals surface area (Å²) in [7, 11) is 1.74. The van der Waals surface area contributed by atoms with Crippen LogP contribution in [0.4, 0.5) is 5.69 Å². The molecule has 1 aromatic heterocycles. The monoisotopic (exact) mass is 224 g/mol. The first-order valence-corrected chi connectivity index (χ1v) is 5.58. The number of nitrogens with one attached hydrogen (secondary N) is 1. The predicted octanol–water partition coefficient (Wildman–Crippen LogP) is 1.17. The van der Waals surface area contributed by atoms with E-state index in [0.717, 1.165) is 12.8 Å². The zero-order valence-corrected chi connectivity index (χ0v) is 10.2. The molecule has 0 bridgehead atoms. The van der Waals surface area contributed by atoms with Crippen molar-refractivity contribution in [3.05, 3.63) is 11.9 Å². The van der Waals surface area contributed by atoms with Crippen molar-refractivity contribution in [2.75, 3.05) is 12.3 Å². The molecule has 3 N–H and O–H groups in total. The van der Waals surface area contributed by atoms with Crippen molar-refractivity contribution in [1.29, 1.82) is 0 Å². The fourth-order valence-corrected chi connectivity index (χ4v) is 1.48. The molecule has 0 unspecified atom stereocenters. The molecular weight excluding hydrogens is 204 g/mol. The molecule has 0 aliphatic heterocycles. The highest BCUT2D eigenvalue weighted by molar-refractivity contribution is 5.96. The molecule has 0 spiro atoms. The number of aryl methyl sites for hydroxylation is 1. The maximum absolute atomic E-state index is 11.7. The van der Waals surface area contributed by atoms with Crippen LogP contribution in [0.25, 0.3) is 0 Å². The van der Waals surface area contributed by atoms with Gasteiger partial charge in [0.25, 0.3) is 5.91 Å². The summed E-state index contributed by atoms with van der Waals surface area (Å²) in [4.78, 5) is 11.7. The van der Waals surface area contributed by atoms with Crippen LogP contribution >= 0.6 is 0 Å². The molecule has 16 heavy (non-hydrogen) atoms. The number of anilines is 1. The van der Waals surface area contributed by atoms with Crippen molar-refractivity contribution in [2.45, 2.75) is 26.7 Å². The molecule has 90 valence electrons. The Balaban J connectivity index is 2.38. The van der Waals surface area contributed by atoms with E-state index in [1.807, 2.05) is 0 Å². The van der Waals surface area contributed by atoms with Crippen molar-refractivity contribution in [1.82, 2.24) is 15.1 Å². The lowest BCUT2D eigenvalue weighted by molar-refractivity contribution is 0.0947. The van der Waals surface area contributed by atoms with Gasteiger partial charge in [-0.2, -0.15) is 5.10 Å². The summed E-state index contributed by atoms with van der Waals surface area (Å²) < 4.78 is 1.54. The summed E-state index contributed by atoms with van der Waals surface area (Å²) in [6.45, 7) is 5.00. The molecule has 0 saturated heterocycles. The molecule has 0 aliphatic rings. The second-order valence-electron chi connectivity index (χ2n) is 4.40. The van der Waals surface area contributed by atoms with Crippen molar-refractivity contribution in [2.24, 2.45) is 13.0 Å². The minimum atomic E-state index is -0.193. The summed E-state index contributed by atoms with van der Waals surface area (Å²) >= 11 is 0. The number of carbonyl (C=O) groups is 1. The Labute approximate surface area is 96.0 Å². The van der Waals surface area contributed by atoms with Crippen LogP contribution in [-0.4, -0.2) is 22.2 Å². The quantitative estimate of drug-likeness (QED) is 0.737. The average molecular weight is 224 g/mol. The average Bonchev–Trinajstić information content (AvgIpc) is 2.52. The third-order valence-corrected chi connectivity index (χ3v) is 2.32. The van der Waals surface area contributed by atoms with Gasteiger partial charge in [0.05, 0.1) is 5.69 Å². The van der Waals surface area contributed by atoms with Crippen molar-refractivity contribution in [3.8, 4) is 0 Å². The summed E-state index contributed by atoms with van der Waals surface area (Å²) in [5.41, 5.74) is 6.38. The number of nitrogens with two attached hydrogens (primary N) is 1. The van der Waals surface area contributed by atoms with Gasteiger partial charge in [0.1, 0.15) is 0 Å². The maximum atomic E-state index is 11.7. The molecular formula is C11H20N4O. The Hall–Kier alpha value is -1.52. The van der Waals surface area contributed by atoms with E-state index in [2.05, 4.69) is 24.3 Å². The van der Waals surface area contributed by atoms with Gasteiger partial charge in [-0.15, -0.1) is 0 Å². The Morgan fingerprint density at radius 1 is 1.62 bits per heavy atom. The van der Waals surface area contributed by atoms with E-state index >= 15 is 0 Å². The minimum Gasteiger partial charge on any atom is -0.396 e. The number of nitrogen functional groups attached to an aromatic ring is 1. The van der Waals surface area contributed by atoms with E-state index < -0.39 is 0 Å². The summed E-state index contributed by atoms with van der Waals surface area (Å²) in [5.74, 6) is 0.471. The second-order valence-corrected chi connectivity index (χ2v) is 4.40. The Morgan fingerprint density at radius 3 is 2.81 bits per heavy atom. The predicted molar refractivity (Wildman–Crippen MR) is 64.0 cm³/mol. The van der Waals surface area contributed by atoms with Gasteiger partial charge in [0, 0.05) is 19.8 Å². The SMILES string of the molecule is CC(C)CCCNC(=O)c1nn(C)cc1N. The molecule has 1 heterocycles. The molecule has 0 radical (unpaired) electrons. The highest BCUT2D eigenvalue weighted by Crippen LogP contribution is 2.07. The van der Waals surface area contributed by atoms with E-state index in [1.165, 1.54) is 0 Å². The normalized spacial score (nSPS) is 10.8. The topological polar surface area (TPSA) is 72.9 Å². The molecule has 0 aromatic carbocycles. The number of rotatable bonds is 5. The maximum Gasteiger partial charge on any atom is 0.273 e. The standard InChI is InChI=1S/C11H20N4O/c1-8(2)5-4-6-13-11(16)10-9(12)7-15(3)14-10/h7-8H,4-6,12H2,1-3H3,(H,13,16). The largest absolute Gasteiger partial charge is 0.396 e. The molecule has 0 saturated carbocycles. The summed E-state index contributed by atoms with van der Waals surface area (Å²) in [6, 6.07) is 0. The van der Waals surface area contributed by atoms with E-state index in [0.29, 0.717) is 23.8 Å². The Kier molecular flexibility index (Phi) is 4.34. The second kappa shape index (κ2) is 5.53. The van der Waals surface area contributed by atoms with Gasteiger partial charge in [-0.05, 0) is 18.8 Å². The Morgan fingerprint density at radius 2 is 2.31 bits per heavy atom. The summed E-state index contributed by atoms with van der Waals surface area (Å²) in [6.07, 6.45) is 3.72.